The molecule has 1 aromatic heterocycles. The highest BCUT2D eigenvalue weighted by Crippen LogP contribution is 2.24. The number of aromatic nitrogens is 2. The molecule has 0 saturated carbocycles. The van der Waals surface area contributed by atoms with E-state index in [0.717, 1.165) is 36.8 Å². The number of rotatable bonds is 5. The van der Waals surface area contributed by atoms with Gasteiger partial charge in [0, 0.05) is 24.8 Å². The Balaban J connectivity index is 2.06. The number of thioether (sulfide) groups is 1. The van der Waals surface area contributed by atoms with Gasteiger partial charge >= 0.3 is 0 Å². The van der Waals surface area contributed by atoms with E-state index in [1.807, 2.05) is 29.7 Å². The zero-order chi connectivity index (χ0) is 12.1. The lowest BCUT2D eigenvalue weighted by atomic mass is 10.1. The Kier molecular flexibility index (Phi) is 4.88. The molecule has 4 nitrogen and oxygen atoms in total. The summed E-state index contributed by atoms with van der Waals surface area (Å²) in [5.74, 6) is 2.16. The lowest BCUT2D eigenvalue weighted by molar-refractivity contribution is 0.0456. The second-order valence-corrected chi connectivity index (χ2v) is 5.48. The molecule has 1 aliphatic heterocycles. The maximum atomic E-state index is 5.87. The summed E-state index contributed by atoms with van der Waals surface area (Å²) in [6, 6.07) is 2.31. The molecule has 0 spiro atoms. The fraction of sp³-hybridized carbons (Fsp3) is 0.750. The molecule has 0 bridgehead atoms. The zero-order valence-corrected chi connectivity index (χ0v) is 11.4. The first-order valence-electron chi connectivity index (χ1n) is 6.23. The van der Waals surface area contributed by atoms with Gasteiger partial charge in [-0.25, -0.2) is 0 Å². The van der Waals surface area contributed by atoms with Crippen molar-refractivity contribution in [3.05, 3.63) is 18.0 Å². The maximum absolute atomic E-state index is 5.87. The zero-order valence-electron chi connectivity index (χ0n) is 10.6. The minimum Gasteiger partial charge on any atom is -0.374 e. The molecule has 0 aromatic carbocycles. The van der Waals surface area contributed by atoms with Crippen LogP contribution in [0.4, 0.5) is 0 Å². The lowest BCUT2D eigenvalue weighted by Crippen LogP contribution is -2.38. The predicted molar refractivity (Wildman–Crippen MR) is 71.3 cm³/mol. The van der Waals surface area contributed by atoms with E-state index in [4.69, 9.17) is 4.74 Å². The van der Waals surface area contributed by atoms with Gasteiger partial charge in [0.1, 0.15) is 0 Å². The Morgan fingerprint density at radius 1 is 1.71 bits per heavy atom. The van der Waals surface area contributed by atoms with Gasteiger partial charge in [0.15, 0.2) is 0 Å². The average molecular weight is 255 g/mol. The van der Waals surface area contributed by atoms with E-state index in [2.05, 4.69) is 23.4 Å². The summed E-state index contributed by atoms with van der Waals surface area (Å²) in [6.45, 7) is 4.04. The van der Waals surface area contributed by atoms with E-state index in [1.165, 1.54) is 0 Å². The van der Waals surface area contributed by atoms with Crippen LogP contribution in [0.15, 0.2) is 12.3 Å². The van der Waals surface area contributed by atoms with Gasteiger partial charge in [-0.05, 0) is 19.0 Å². The molecular formula is C12H21N3OS. The number of nitrogens with zero attached hydrogens (tertiary/aromatic N) is 2. The third-order valence-electron chi connectivity index (χ3n) is 2.88. The Labute approximate surface area is 107 Å². The topological polar surface area (TPSA) is 39.1 Å². The molecule has 1 aliphatic rings. The van der Waals surface area contributed by atoms with Gasteiger partial charge in [-0.15, -0.1) is 0 Å². The van der Waals surface area contributed by atoms with Crippen molar-refractivity contribution in [1.29, 1.82) is 0 Å². The molecule has 1 aromatic rings. The Hall–Kier alpha value is -0.520. The number of aryl methyl sites for hydroxylation is 1. The van der Waals surface area contributed by atoms with Crippen molar-refractivity contribution in [2.24, 2.45) is 7.05 Å². The number of ether oxygens (including phenoxy) is 1. The second-order valence-electron chi connectivity index (χ2n) is 4.33. The van der Waals surface area contributed by atoms with Crippen molar-refractivity contribution in [2.45, 2.75) is 25.5 Å². The van der Waals surface area contributed by atoms with Gasteiger partial charge < -0.3 is 10.1 Å². The molecule has 17 heavy (non-hydrogen) atoms. The van der Waals surface area contributed by atoms with Crippen LogP contribution in [0.5, 0.6) is 0 Å². The lowest BCUT2D eigenvalue weighted by Gasteiger charge is -2.29. The molecule has 0 amide bonds. The highest BCUT2D eigenvalue weighted by Gasteiger charge is 2.27. The Morgan fingerprint density at radius 2 is 2.59 bits per heavy atom. The first kappa shape index (κ1) is 12.9. The molecule has 5 heteroatoms. The molecule has 96 valence electrons. The molecule has 0 aliphatic carbocycles. The second kappa shape index (κ2) is 6.42. The standard InChI is InChI=1S/C12H21N3OS/c1-3-5-13-12(10-4-6-15(2)14-10)11-9-17-8-7-16-11/h4,6,11-13H,3,5,7-9H2,1-2H3. The summed E-state index contributed by atoms with van der Waals surface area (Å²) in [5.41, 5.74) is 1.09. The van der Waals surface area contributed by atoms with Crippen molar-refractivity contribution >= 4 is 11.8 Å². The largest absolute Gasteiger partial charge is 0.374 e. The molecule has 2 rings (SSSR count). The summed E-state index contributed by atoms with van der Waals surface area (Å²) in [5, 5.41) is 8.06. The molecule has 2 heterocycles. The highest BCUT2D eigenvalue weighted by molar-refractivity contribution is 7.99. The van der Waals surface area contributed by atoms with Gasteiger partial charge in [0.25, 0.3) is 0 Å². The smallest absolute Gasteiger partial charge is 0.0876 e. The molecule has 1 saturated heterocycles. The monoisotopic (exact) mass is 255 g/mol. The third-order valence-corrected chi connectivity index (χ3v) is 3.90. The number of hydrogen-bond donors (Lipinski definition) is 1. The van der Waals surface area contributed by atoms with Gasteiger partial charge in [0.05, 0.1) is 24.4 Å². The van der Waals surface area contributed by atoms with Crippen molar-refractivity contribution in [3.63, 3.8) is 0 Å². The van der Waals surface area contributed by atoms with Gasteiger partial charge in [-0.3, -0.25) is 4.68 Å². The number of hydrogen-bond acceptors (Lipinski definition) is 4. The molecule has 1 fully saturated rings. The van der Waals surface area contributed by atoms with Crippen LogP contribution in [0.2, 0.25) is 0 Å². The van der Waals surface area contributed by atoms with Crippen LogP contribution in [0.3, 0.4) is 0 Å². The minimum absolute atomic E-state index is 0.226. The average Bonchev–Trinajstić information content (AvgIpc) is 2.78. The van der Waals surface area contributed by atoms with Crippen LogP contribution in [0, 0.1) is 0 Å². The molecule has 1 N–H and O–H groups in total. The Morgan fingerprint density at radius 3 is 3.18 bits per heavy atom. The van der Waals surface area contributed by atoms with E-state index in [0.29, 0.717) is 0 Å². The quantitative estimate of drug-likeness (QED) is 0.867. The summed E-state index contributed by atoms with van der Waals surface area (Å²) in [4.78, 5) is 0. The molecule has 0 radical (unpaired) electrons. The van der Waals surface area contributed by atoms with Crippen LogP contribution >= 0.6 is 11.8 Å². The van der Waals surface area contributed by atoms with E-state index >= 15 is 0 Å². The SMILES string of the molecule is CCCNC(c1ccn(C)n1)C1CSCCO1. The minimum atomic E-state index is 0.226. The molecular weight excluding hydrogens is 234 g/mol. The fourth-order valence-corrected chi connectivity index (χ4v) is 2.93. The van der Waals surface area contributed by atoms with Crippen LogP contribution in [-0.4, -0.2) is 40.5 Å². The third kappa shape index (κ3) is 3.47. The Bertz CT molecular complexity index is 336. The fourth-order valence-electron chi connectivity index (χ4n) is 2.02. The van der Waals surface area contributed by atoms with E-state index < -0.39 is 0 Å². The maximum Gasteiger partial charge on any atom is 0.0876 e. The van der Waals surface area contributed by atoms with Crippen molar-refractivity contribution in [2.75, 3.05) is 24.7 Å². The van der Waals surface area contributed by atoms with E-state index in [-0.39, 0.29) is 12.1 Å². The normalized spacial score (nSPS) is 22.6. The first-order chi connectivity index (χ1) is 8.31. The summed E-state index contributed by atoms with van der Waals surface area (Å²) in [7, 11) is 1.96. The van der Waals surface area contributed by atoms with E-state index in [9.17, 15) is 0 Å². The van der Waals surface area contributed by atoms with Gasteiger partial charge in [-0.2, -0.15) is 16.9 Å². The summed E-state index contributed by atoms with van der Waals surface area (Å²) < 4.78 is 7.72. The van der Waals surface area contributed by atoms with Gasteiger partial charge in [0.2, 0.25) is 0 Å². The highest BCUT2D eigenvalue weighted by atomic mass is 32.2. The summed E-state index contributed by atoms with van der Waals surface area (Å²) in [6.07, 6.45) is 3.37. The van der Waals surface area contributed by atoms with Crippen molar-refractivity contribution in [3.8, 4) is 0 Å². The number of nitrogens with one attached hydrogen (secondary N) is 1. The summed E-state index contributed by atoms with van der Waals surface area (Å²) >= 11 is 1.97. The van der Waals surface area contributed by atoms with E-state index in [1.54, 1.807) is 0 Å². The van der Waals surface area contributed by atoms with Crippen LogP contribution in [-0.2, 0) is 11.8 Å². The van der Waals surface area contributed by atoms with Crippen LogP contribution in [0.1, 0.15) is 25.1 Å². The van der Waals surface area contributed by atoms with Crippen LogP contribution < -0.4 is 5.32 Å². The molecule has 2 atom stereocenters. The van der Waals surface area contributed by atoms with Gasteiger partial charge in [-0.1, -0.05) is 6.92 Å². The molecule has 2 unspecified atom stereocenters. The van der Waals surface area contributed by atoms with Crippen molar-refractivity contribution in [1.82, 2.24) is 15.1 Å². The first-order valence-corrected chi connectivity index (χ1v) is 7.39. The predicted octanol–water partition coefficient (Wildman–Crippen LogP) is 1.59. The van der Waals surface area contributed by atoms with Crippen LogP contribution in [0.25, 0.3) is 0 Å². The van der Waals surface area contributed by atoms with Crippen molar-refractivity contribution < 1.29 is 4.74 Å².